The van der Waals surface area contributed by atoms with Crippen LogP contribution in [0.4, 0.5) is 5.69 Å². The van der Waals surface area contributed by atoms with Gasteiger partial charge < -0.3 is 10.5 Å². The molecule has 1 aromatic carbocycles. The van der Waals surface area contributed by atoms with Gasteiger partial charge in [0.15, 0.2) is 0 Å². The molecule has 2 N–H and O–H groups in total. The van der Waals surface area contributed by atoms with E-state index in [1.54, 1.807) is 11.8 Å². The van der Waals surface area contributed by atoms with Gasteiger partial charge in [0.05, 0.1) is 6.61 Å². The number of halogens is 2. The fourth-order valence-electron chi connectivity index (χ4n) is 1.80. The molecule has 0 amide bonds. The number of hydrogen-bond donors (Lipinski definition) is 1. The molecule has 0 saturated heterocycles. The molecule has 21 heavy (non-hydrogen) atoms. The van der Waals surface area contributed by atoms with Crippen LogP contribution < -0.4 is 10.5 Å². The molecule has 1 aromatic heterocycles. The molecule has 112 valence electrons. The lowest BCUT2D eigenvalue weighted by Crippen LogP contribution is -1.95. The summed E-state index contributed by atoms with van der Waals surface area (Å²) in [6, 6.07) is 7.43. The zero-order chi connectivity index (χ0) is 15.4. The van der Waals surface area contributed by atoms with E-state index in [-0.39, 0.29) is 0 Å². The Labute approximate surface area is 138 Å². The van der Waals surface area contributed by atoms with E-state index in [1.807, 2.05) is 38.1 Å². The van der Waals surface area contributed by atoms with Crippen molar-refractivity contribution in [2.75, 3.05) is 12.3 Å². The van der Waals surface area contributed by atoms with Gasteiger partial charge in [-0.15, -0.1) is 11.8 Å². The third-order valence-electron chi connectivity index (χ3n) is 2.82. The van der Waals surface area contributed by atoms with Gasteiger partial charge in [-0.2, -0.15) is 0 Å². The number of rotatable bonds is 5. The number of nitrogens with zero attached hydrogens (tertiary/aromatic N) is 1. The number of aromatic nitrogens is 1. The monoisotopic (exact) mass is 342 g/mol. The average molecular weight is 343 g/mol. The third kappa shape index (κ3) is 4.19. The van der Waals surface area contributed by atoms with Gasteiger partial charge in [0.25, 0.3) is 0 Å². The molecule has 2 aromatic rings. The zero-order valence-electron chi connectivity index (χ0n) is 11.8. The van der Waals surface area contributed by atoms with Gasteiger partial charge in [-0.3, -0.25) is 0 Å². The molecule has 3 nitrogen and oxygen atoms in total. The van der Waals surface area contributed by atoms with Crippen LogP contribution in [0.3, 0.4) is 0 Å². The highest BCUT2D eigenvalue weighted by Gasteiger charge is 2.11. The molecular formula is C15H16Cl2N2OS. The Kier molecular flexibility index (Phi) is 5.62. The average Bonchev–Trinajstić information content (AvgIpc) is 2.41. The van der Waals surface area contributed by atoms with Crippen LogP contribution in [0.5, 0.6) is 5.75 Å². The number of thioether (sulfide) groups is 1. The first-order chi connectivity index (χ1) is 10.0. The summed E-state index contributed by atoms with van der Waals surface area (Å²) >= 11 is 13.9. The van der Waals surface area contributed by atoms with Crippen LogP contribution in [0, 0.1) is 6.92 Å². The van der Waals surface area contributed by atoms with Gasteiger partial charge >= 0.3 is 0 Å². The SMILES string of the molecule is CCOc1ccc(N)c(SCc2c(Cl)cc(C)nc2Cl)c1. The predicted molar refractivity (Wildman–Crippen MR) is 90.6 cm³/mol. The number of hydrogen-bond acceptors (Lipinski definition) is 4. The fraction of sp³-hybridized carbons (Fsp3) is 0.267. The van der Waals surface area contributed by atoms with E-state index in [1.165, 1.54) is 0 Å². The molecular weight excluding hydrogens is 327 g/mol. The van der Waals surface area contributed by atoms with E-state index in [9.17, 15) is 0 Å². The molecule has 0 bridgehead atoms. The van der Waals surface area contributed by atoms with Crippen LogP contribution in [-0.2, 0) is 5.75 Å². The van der Waals surface area contributed by atoms with E-state index >= 15 is 0 Å². The number of benzene rings is 1. The van der Waals surface area contributed by atoms with Gasteiger partial charge in [-0.1, -0.05) is 23.2 Å². The van der Waals surface area contributed by atoms with Crippen molar-refractivity contribution in [1.29, 1.82) is 0 Å². The Morgan fingerprint density at radius 3 is 2.71 bits per heavy atom. The maximum Gasteiger partial charge on any atom is 0.134 e. The molecule has 0 aliphatic heterocycles. The highest BCUT2D eigenvalue weighted by atomic mass is 35.5. The Bertz CT molecular complexity index is 627. The summed E-state index contributed by atoms with van der Waals surface area (Å²) < 4.78 is 5.48. The molecule has 0 saturated carbocycles. The summed E-state index contributed by atoms with van der Waals surface area (Å²) in [4.78, 5) is 5.17. The first kappa shape index (κ1) is 16.3. The van der Waals surface area contributed by atoms with E-state index in [4.69, 9.17) is 33.7 Å². The van der Waals surface area contributed by atoms with Crippen molar-refractivity contribution in [1.82, 2.24) is 4.98 Å². The molecule has 0 spiro atoms. The Morgan fingerprint density at radius 2 is 2.05 bits per heavy atom. The van der Waals surface area contributed by atoms with Crippen molar-refractivity contribution in [2.24, 2.45) is 0 Å². The lowest BCUT2D eigenvalue weighted by Gasteiger charge is -2.11. The topological polar surface area (TPSA) is 48.1 Å². The number of nitrogen functional groups attached to an aromatic ring is 1. The predicted octanol–water partition coefficient (Wildman–Crippen LogP) is 4.97. The van der Waals surface area contributed by atoms with E-state index in [0.717, 1.165) is 21.9 Å². The molecule has 0 radical (unpaired) electrons. The van der Waals surface area contributed by atoms with E-state index in [0.29, 0.717) is 28.2 Å². The molecule has 2 rings (SSSR count). The highest BCUT2D eigenvalue weighted by Crippen LogP contribution is 2.35. The van der Waals surface area contributed by atoms with Gasteiger partial charge in [0.2, 0.25) is 0 Å². The van der Waals surface area contributed by atoms with Crippen molar-refractivity contribution < 1.29 is 4.74 Å². The Hall–Kier alpha value is -1.10. The van der Waals surface area contributed by atoms with Crippen molar-refractivity contribution in [3.63, 3.8) is 0 Å². The van der Waals surface area contributed by atoms with Crippen LogP contribution in [0.1, 0.15) is 18.2 Å². The second-order valence-corrected chi connectivity index (χ2v) is 6.22. The van der Waals surface area contributed by atoms with Crippen molar-refractivity contribution in [3.8, 4) is 5.75 Å². The minimum atomic E-state index is 0.437. The number of nitrogens with two attached hydrogens (primary N) is 1. The first-order valence-electron chi connectivity index (χ1n) is 6.48. The van der Waals surface area contributed by atoms with Gasteiger partial charge in [0, 0.05) is 32.6 Å². The summed E-state index contributed by atoms with van der Waals surface area (Å²) in [5.41, 5.74) is 8.31. The Balaban J connectivity index is 2.18. The van der Waals surface area contributed by atoms with Crippen LogP contribution in [0.15, 0.2) is 29.2 Å². The van der Waals surface area contributed by atoms with Crippen LogP contribution in [0.2, 0.25) is 10.2 Å². The van der Waals surface area contributed by atoms with Gasteiger partial charge in [-0.25, -0.2) is 4.98 Å². The summed E-state index contributed by atoms with van der Waals surface area (Å²) in [5, 5.41) is 1.06. The quantitative estimate of drug-likeness (QED) is 0.473. The van der Waals surface area contributed by atoms with Gasteiger partial charge in [-0.05, 0) is 38.1 Å². The second kappa shape index (κ2) is 7.25. The minimum Gasteiger partial charge on any atom is -0.494 e. The highest BCUT2D eigenvalue weighted by molar-refractivity contribution is 7.98. The van der Waals surface area contributed by atoms with Crippen molar-refractivity contribution in [3.05, 3.63) is 45.7 Å². The number of aryl methyl sites for hydroxylation is 1. The smallest absolute Gasteiger partial charge is 0.134 e. The lowest BCUT2D eigenvalue weighted by atomic mass is 10.3. The Morgan fingerprint density at radius 1 is 1.29 bits per heavy atom. The van der Waals surface area contributed by atoms with Gasteiger partial charge in [0.1, 0.15) is 10.9 Å². The summed E-state index contributed by atoms with van der Waals surface area (Å²) in [6.07, 6.45) is 0. The number of pyridine rings is 1. The first-order valence-corrected chi connectivity index (χ1v) is 8.22. The summed E-state index contributed by atoms with van der Waals surface area (Å²) in [7, 11) is 0. The van der Waals surface area contributed by atoms with Crippen molar-refractivity contribution in [2.45, 2.75) is 24.5 Å². The molecule has 0 aliphatic carbocycles. The molecule has 0 aliphatic rings. The molecule has 0 unspecified atom stereocenters. The summed E-state index contributed by atoms with van der Waals surface area (Å²) in [6.45, 7) is 4.42. The largest absolute Gasteiger partial charge is 0.494 e. The minimum absolute atomic E-state index is 0.437. The van der Waals surface area contributed by atoms with Crippen LogP contribution in [0.25, 0.3) is 0 Å². The molecule has 0 fully saturated rings. The van der Waals surface area contributed by atoms with Crippen LogP contribution >= 0.6 is 35.0 Å². The maximum absolute atomic E-state index is 6.23. The maximum atomic E-state index is 6.23. The lowest BCUT2D eigenvalue weighted by molar-refractivity contribution is 0.339. The third-order valence-corrected chi connectivity index (χ3v) is 4.56. The molecule has 0 atom stereocenters. The standard InChI is InChI=1S/C15H16Cl2N2OS/c1-3-20-10-4-5-13(18)14(7-10)21-8-11-12(16)6-9(2)19-15(11)17/h4-7H,3,8,18H2,1-2H3. The van der Waals surface area contributed by atoms with E-state index in [2.05, 4.69) is 4.98 Å². The fourth-order valence-corrected chi connectivity index (χ4v) is 3.65. The van der Waals surface area contributed by atoms with Crippen molar-refractivity contribution >= 4 is 40.7 Å². The second-order valence-electron chi connectivity index (χ2n) is 4.44. The van der Waals surface area contributed by atoms with Crippen LogP contribution in [-0.4, -0.2) is 11.6 Å². The zero-order valence-corrected chi connectivity index (χ0v) is 14.1. The normalized spacial score (nSPS) is 10.7. The molecule has 1 heterocycles. The summed E-state index contributed by atoms with van der Waals surface area (Å²) in [5.74, 6) is 1.40. The number of ether oxygens (including phenoxy) is 1. The number of anilines is 1. The van der Waals surface area contributed by atoms with E-state index < -0.39 is 0 Å². The molecule has 6 heteroatoms.